The number of hydrogen-bond acceptors (Lipinski definition) is 4. The van der Waals surface area contributed by atoms with E-state index in [1.54, 1.807) is 0 Å². The summed E-state index contributed by atoms with van der Waals surface area (Å²) in [6.45, 7) is 3.30. The molecule has 1 aliphatic heterocycles. The lowest BCUT2D eigenvalue weighted by molar-refractivity contribution is -0.127. The van der Waals surface area contributed by atoms with Crippen LogP contribution in [-0.4, -0.2) is 23.6 Å². The smallest absolute Gasteiger partial charge is 0.223 e. The number of carbonyl (C=O) groups is 2. The maximum Gasteiger partial charge on any atom is 0.223 e. The van der Waals surface area contributed by atoms with Gasteiger partial charge in [-0.15, -0.1) is 0 Å². The lowest BCUT2D eigenvalue weighted by atomic mass is 10.2. The van der Waals surface area contributed by atoms with Crippen LogP contribution < -0.4 is 5.32 Å². The second kappa shape index (κ2) is 4.74. The molecule has 14 heavy (non-hydrogen) atoms. The minimum atomic E-state index is -0.352. The fourth-order valence-electron chi connectivity index (χ4n) is 1.12. The van der Waals surface area contributed by atoms with E-state index in [9.17, 15) is 9.59 Å². The zero-order chi connectivity index (χ0) is 10.6. The molecule has 0 saturated carbocycles. The third kappa shape index (κ3) is 3.55. The number of rotatable bonds is 4. The molecule has 0 aromatic heterocycles. The van der Waals surface area contributed by atoms with Gasteiger partial charge >= 0.3 is 0 Å². The molecule has 0 radical (unpaired) electrons. The third-order valence-corrected chi connectivity index (χ3v) is 1.84. The topological polar surface area (TPSA) is 67.8 Å². The van der Waals surface area contributed by atoms with E-state index in [4.69, 9.17) is 4.84 Å². The van der Waals surface area contributed by atoms with Crippen LogP contribution in [0.2, 0.25) is 0 Å². The summed E-state index contributed by atoms with van der Waals surface area (Å²) in [5, 5.41) is 6.34. The SMILES string of the molecule is CC(=O)CCC(=O)NC1CC(C)=NO1. The molecule has 1 unspecified atom stereocenters. The summed E-state index contributed by atoms with van der Waals surface area (Å²) in [4.78, 5) is 26.7. The number of hydrogen-bond donors (Lipinski definition) is 1. The van der Waals surface area contributed by atoms with Crippen LogP contribution in [-0.2, 0) is 14.4 Å². The minimum Gasteiger partial charge on any atom is -0.370 e. The lowest BCUT2D eigenvalue weighted by Crippen LogP contribution is -2.34. The zero-order valence-electron chi connectivity index (χ0n) is 8.37. The van der Waals surface area contributed by atoms with Crippen LogP contribution in [0.5, 0.6) is 0 Å². The maximum atomic E-state index is 11.2. The number of Topliss-reactive ketones (excluding diaryl/α,β-unsaturated/α-hetero) is 1. The van der Waals surface area contributed by atoms with Crippen LogP contribution in [0.15, 0.2) is 5.16 Å². The molecule has 1 aliphatic rings. The average Bonchev–Trinajstić information content (AvgIpc) is 2.48. The van der Waals surface area contributed by atoms with Gasteiger partial charge < -0.3 is 14.9 Å². The predicted octanol–water partition coefficient (Wildman–Crippen LogP) is 0.594. The summed E-state index contributed by atoms with van der Waals surface area (Å²) in [6.07, 6.45) is 0.757. The maximum absolute atomic E-state index is 11.2. The second-order valence-electron chi connectivity index (χ2n) is 3.39. The van der Waals surface area contributed by atoms with Crippen molar-refractivity contribution in [1.29, 1.82) is 0 Å². The van der Waals surface area contributed by atoms with Gasteiger partial charge in [0.25, 0.3) is 0 Å². The first kappa shape index (κ1) is 10.7. The van der Waals surface area contributed by atoms with Gasteiger partial charge in [0.1, 0.15) is 5.78 Å². The quantitative estimate of drug-likeness (QED) is 0.719. The monoisotopic (exact) mass is 198 g/mol. The van der Waals surface area contributed by atoms with Crippen molar-refractivity contribution in [3.8, 4) is 0 Å². The number of ketones is 1. The van der Waals surface area contributed by atoms with Crippen molar-refractivity contribution < 1.29 is 14.4 Å². The lowest BCUT2D eigenvalue weighted by Gasteiger charge is -2.09. The van der Waals surface area contributed by atoms with Crippen molar-refractivity contribution in [3.63, 3.8) is 0 Å². The van der Waals surface area contributed by atoms with Gasteiger partial charge in [-0.05, 0) is 13.8 Å². The van der Waals surface area contributed by atoms with Crippen LogP contribution in [0.4, 0.5) is 0 Å². The van der Waals surface area contributed by atoms with Crippen molar-refractivity contribution in [2.45, 2.75) is 39.3 Å². The highest BCUT2D eigenvalue weighted by Gasteiger charge is 2.19. The molecule has 0 aromatic rings. The van der Waals surface area contributed by atoms with E-state index in [1.807, 2.05) is 6.92 Å². The Kier molecular flexibility index (Phi) is 3.62. The molecule has 1 rings (SSSR count). The minimum absolute atomic E-state index is 0.0138. The van der Waals surface area contributed by atoms with E-state index < -0.39 is 0 Å². The Balaban J connectivity index is 2.18. The standard InChI is InChI=1S/C9H14N2O3/c1-6-5-9(14-11-6)10-8(13)4-3-7(2)12/h9H,3-5H2,1-2H3,(H,10,13). The van der Waals surface area contributed by atoms with E-state index in [-0.39, 0.29) is 30.8 Å². The van der Waals surface area contributed by atoms with Gasteiger partial charge in [-0.1, -0.05) is 5.16 Å². The Morgan fingerprint density at radius 2 is 2.29 bits per heavy atom. The fraction of sp³-hybridized carbons (Fsp3) is 0.667. The highest BCUT2D eigenvalue weighted by molar-refractivity contribution is 5.85. The number of nitrogens with zero attached hydrogens (tertiary/aromatic N) is 1. The van der Waals surface area contributed by atoms with Crippen molar-refractivity contribution in [2.24, 2.45) is 5.16 Å². The normalized spacial score (nSPS) is 19.9. The van der Waals surface area contributed by atoms with Crippen LogP contribution in [0.3, 0.4) is 0 Å². The van der Waals surface area contributed by atoms with Gasteiger partial charge in [0.2, 0.25) is 12.1 Å². The van der Waals surface area contributed by atoms with Crippen LogP contribution in [0.1, 0.15) is 33.1 Å². The molecule has 0 aromatic carbocycles. The van der Waals surface area contributed by atoms with Crippen LogP contribution in [0, 0.1) is 0 Å². The molecule has 5 heteroatoms. The van der Waals surface area contributed by atoms with Gasteiger partial charge in [0.15, 0.2) is 0 Å². The molecule has 1 atom stereocenters. The van der Waals surface area contributed by atoms with Crippen molar-refractivity contribution in [1.82, 2.24) is 5.32 Å². The van der Waals surface area contributed by atoms with E-state index in [1.165, 1.54) is 6.92 Å². The first-order valence-electron chi connectivity index (χ1n) is 4.56. The van der Waals surface area contributed by atoms with Gasteiger partial charge in [0, 0.05) is 19.3 Å². The summed E-state index contributed by atoms with van der Waals surface area (Å²) >= 11 is 0. The molecule has 0 bridgehead atoms. The van der Waals surface area contributed by atoms with E-state index >= 15 is 0 Å². The molecule has 0 aliphatic carbocycles. The molecule has 1 N–H and O–H groups in total. The van der Waals surface area contributed by atoms with E-state index in [2.05, 4.69) is 10.5 Å². The van der Waals surface area contributed by atoms with Gasteiger partial charge in [-0.2, -0.15) is 0 Å². The third-order valence-electron chi connectivity index (χ3n) is 1.84. The molecule has 78 valence electrons. The number of carbonyl (C=O) groups excluding carboxylic acids is 2. The fourth-order valence-corrected chi connectivity index (χ4v) is 1.12. The van der Waals surface area contributed by atoms with E-state index in [0.717, 1.165) is 5.71 Å². The molecule has 1 heterocycles. The number of amides is 1. The summed E-state index contributed by atoms with van der Waals surface area (Å²) in [7, 11) is 0. The van der Waals surface area contributed by atoms with Gasteiger partial charge in [-0.25, -0.2) is 0 Å². The predicted molar refractivity (Wildman–Crippen MR) is 50.7 cm³/mol. The molecule has 0 fully saturated rings. The molecular formula is C9H14N2O3. The molecular weight excluding hydrogens is 184 g/mol. The summed E-state index contributed by atoms with van der Waals surface area (Å²) < 4.78 is 0. The molecule has 5 nitrogen and oxygen atoms in total. The zero-order valence-corrected chi connectivity index (χ0v) is 8.37. The Hall–Kier alpha value is -1.39. The highest BCUT2D eigenvalue weighted by atomic mass is 16.7. The Labute approximate surface area is 82.5 Å². The Morgan fingerprint density at radius 3 is 2.79 bits per heavy atom. The first-order valence-corrected chi connectivity index (χ1v) is 4.56. The summed E-state index contributed by atoms with van der Waals surface area (Å²) in [6, 6.07) is 0. The van der Waals surface area contributed by atoms with E-state index in [0.29, 0.717) is 6.42 Å². The van der Waals surface area contributed by atoms with Crippen molar-refractivity contribution in [3.05, 3.63) is 0 Å². The number of nitrogens with one attached hydrogen (secondary N) is 1. The molecule has 1 amide bonds. The average molecular weight is 198 g/mol. The summed E-state index contributed by atoms with van der Waals surface area (Å²) in [5.74, 6) is -0.157. The summed E-state index contributed by atoms with van der Waals surface area (Å²) in [5.41, 5.74) is 0.863. The van der Waals surface area contributed by atoms with Crippen LogP contribution >= 0.6 is 0 Å². The molecule has 0 spiro atoms. The van der Waals surface area contributed by atoms with Crippen molar-refractivity contribution in [2.75, 3.05) is 0 Å². The Morgan fingerprint density at radius 1 is 1.57 bits per heavy atom. The second-order valence-corrected chi connectivity index (χ2v) is 3.39. The highest BCUT2D eigenvalue weighted by Crippen LogP contribution is 2.07. The van der Waals surface area contributed by atoms with Gasteiger partial charge in [0.05, 0.1) is 5.71 Å². The molecule has 0 saturated heterocycles. The Bertz CT molecular complexity index is 273. The van der Waals surface area contributed by atoms with Crippen LogP contribution in [0.25, 0.3) is 0 Å². The number of oxime groups is 1. The van der Waals surface area contributed by atoms with Gasteiger partial charge in [-0.3, -0.25) is 4.79 Å². The first-order chi connectivity index (χ1) is 6.58. The van der Waals surface area contributed by atoms with Crippen molar-refractivity contribution >= 4 is 17.4 Å². The largest absolute Gasteiger partial charge is 0.370 e.